The summed E-state index contributed by atoms with van der Waals surface area (Å²) >= 11 is 0. The second-order valence-electron chi connectivity index (χ2n) is 5.51. The molecule has 1 fully saturated rings. The highest BCUT2D eigenvalue weighted by Crippen LogP contribution is 2.31. The van der Waals surface area contributed by atoms with Crippen molar-refractivity contribution in [1.82, 2.24) is 4.72 Å². The van der Waals surface area contributed by atoms with E-state index in [0.717, 1.165) is 31.7 Å². The molecule has 0 radical (unpaired) electrons. The first-order chi connectivity index (χ1) is 8.73. The summed E-state index contributed by atoms with van der Waals surface area (Å²) in [4.78, 5) is -0.372. The summed E-state index contributed by atoms with van der Waals surface area (Å²) in [7, 11) is -3.88. The molecule has 6 heteroatoms. The van der Waals surface area contributed by atoms with Crippen molar-refractivity contribution >= 4 is 15.7 Å². The van der Waals surface area contributed by atoms with Crippen LogP contribution < -0.4 is 10.5 Å². The van der Waals surface area contributed by atoms with Crippen LogP contribution in [0.2, 0.25) is 0 Å². The maximum absolute atomic E-state index is 13.9. The molecule has 0 bridgehead atoms. The summed E-state index contributed by atoms with van der Waals surface area (Å²) in [6.07, 6.45) is 3.51. The lowest BCUT2D eigenvalue weighted by Gasteiger charge is -2.25. The van der Waals surface area contributed by atoms with Crippen LogP contribution in [-0.4, -0.2) is 14.0 Å². The molecule has 0 unspecified atom stereocenters. The van der Waals surface area contributed by atoms with E-state index < -0.39 is 21.4 Å². The van der Waals surface area contributed by atoms with E-state index in [1.165, 1.54) is 6.07 Å². The summed E-state index contributed by atoms with van der Waals surface area (Å²) in [6, 6.07) is 2.34. The molecular formula is C13H19FN2O2S. The van der Waals surface area contributed by atoms with Gasteiger partial charge in [-0.15, -0.1) is 0 Å². The number of hydrogen-bond acceptors (Lipinski definition) is 3. The number of anilines is 1. The van der Waals surface area contributed by atoms with Gasteiger partial charge in [0, 0.05) is 11.2 Å². The third-order valence-electron chi connectivity index (χ3n) is 3.70. The van der Waals surface area contributed by atoms with Gasteiger partial charge in [0.2, 0.25) is 10.0 Å². The molecule has 0 atom stereocenters. The summed E-state index contributed by atoms with van der Waals surface area (Å²) in [5.74, 6) is -0.763. The van der Waals surface area contributed by atoms with Crippen LogP contribution in [0.1, 0.15) is 38.2 Å². The molecule has 0 amide bonds. The number of nitrogens with two attached hydrogens (primary N) is 1. The van der Waals surface area contributed by atoms with Crippen molar-refractivity contribution in [3.05, 3.63) is 23.5 Å². The lowest BCUT2D eigenvalue weighted by molar-refractivity contribution is 0.425. The van der Waals surface area contributed by atoms with E-state index in [4.69, 9.17) is 5.73 Å². The summed E-state index contributed by atoms with van der Waals surface area (Å²) in [6.45, 7) is 3.49. The summed E-state index contributed by atoms with van der Waals surface area (Å²) < 4.78 is 41.0. The van der Waals surface area contributed by atoms with Gasteiger partial charge in [0.05, 0.1) is 0 Å². The molecule has 1 aromatic carbocycles. The fourth-order valence-electron chi connectivity index (χ4n) is 2.51. The fraction of sp³-hybridized carbons (Fsp3) is 0.538. The zero-order chi connectivity index (χ0) is 14.3. The standard InChI is InChI=1S/C13H19FN2O2S/c1-9-7-10(14)12(8-11(9)15)19(17,18)16-13(2)5-3-4-6-13/h7-8,16H,3-6,15H2,1-2H3. The van der Waals surface area contributed by atoms with Gasteiger partial charge in [0.15, 0.2) is 0 Å². The van der Waals surface area contributed by atoms with Crippen LogP contribution in [0.15, 0.2) is 17.0 Å². The van der Waals surface area contributed by atoms with Crippen molar-refractivity contribution in [1.29, 1.82) is 0 Å². The van der Waals surface area contributed by atoms with Crippen molar-refractivity contribution in [2.75, 3.05) is 5.73 Å². The van der Waals surface area contributed by atoms with Gasteiger partial charge in [-0.1, -0.05) is 12.8 Å². The van der Waals surface area contributed by atoms with E-state index in [2.05, 4.69) is 4.72 Å². The summed E-state index contributed by atoms with van der Waals surface area (Å²) in [5.41, 5.74) is 5.99. The molecule has 19 heavy (non-hydrogen) atoms. The van der Waals surface area contributed by atoms with Crippen LogP contribution >= 0.6 is 0 Å². The van der Waals surface area contributed by atoms with E-state index in [-0.39, 0.29) is 10.6 Å². The molecule has 2 rings (SSSR count). The Morgan fingerprint density at radius 2 is 1.89 bits per heavy atom. The lowest BCUT2D eigenvalue weighted by Crippen LogP contribution is -2.43. The normalized spacial score (nSPS) is 18.7. The number of rotatable bonds is 3. The van der Waals surface area contributed by atoms with Gasteiger partial charge in [-0.25, -0.2) is 17.5 Å². The van der Waals surface area contributed by atoms with Crippen molar-refractivity contribution in [2.45, 2.75) is 50.0 Å². The smallest absolute Gasteiger partial charge is 0.244 e. The average molecular weight is 286 g/mol. The number of benzene rings is 1. The highest BCUT2D eigenvalue weighted by Gasteiger charge is 2.34. The minimum absolute atomic E-state index is 0.276. The van der Waals surface area contributed by atoms with Crippen LogP contribution in [0.25, 0.3) is 0 Å². The highest BCUT2D eigenvalue weighted by molar-refractivity contribution is 7.89. The molecule has 1 saturated carbocycles. The molecule has 4 nitrogen and oxygen atoms in total. The van der Waals surface area contributed by atoms with Crippen LogP contribution in [-0.2, 0) is 10.0 Å². The Labute approximate surface area is 113 Å². The minimum Gasteiger partial charge on any atom is -0.398 e. The van der Waals surface area contributed by atoms with Crippen molar-refractivity contribution in [3.8, 4) is 0 Å². The lowest BCUT2D eigenvalue weighted by atomic mass is 10.0. The van der Waals surface area contributed by atoms with E-state index in [1.807, 2.05) is 6.92 Å². The second kappa shape index (κ2) is 4.76. The Morgan fingerprint density at radius 3 is 2.47 bits per heavy atom. The van der Waals surface area contributed by atoms with E-state index in [0.29, 0.717) is 5.56 Å². The second-order valence-corrected chi connectivity index (χ2v) is 7.16. The van der Waals surface area contributed by atoms with Gasteiger partial charge in [-0.05, 0) is 44.4 Å². The zero-order valence-electron chi connectivity index (χ0n) is 11.2. The number of nitrogens with one attached hydrogen (secondary N) is 1. The number of nitrogen functional groups attached to an aromatic ring is 1. The van der Waals surface area contributed by atoms with Crippen LogP contribution in [0.3, 0.4) is 0 Å². The van der Waals surface area contributed by atoms with Gasteiger partial charge < -0.3 is 5.73 Å². The largest absolute Gasteiger partial charge is 0.398 e. The number of sulfonamides is 1. The molecular weight excluding hydrogens is 267 g/mol. The molecule has 1 aliphatic carbocycles. The maximum Gasteiger partial charge on any atom is 0.244 e. The zero-order valence-corrected chi connectivity index (χ0v) is 12.0. The first-order valence-corrected chi connectivity index (χ1v) is 7.81. The van der Waals surface area contributed by atoms with Gasteiger partial charge in [-0.3, -0.25) is 0 Å². The SMILES string of the molecule is Cc1cc(F)c(S(=O)(=O)NC2(C)CCCC2)cc1N. The third kappa shape index (κ3) is 2.90. The minimum atomic E-state index is -3.88. The maximum atomic E-state index is 13.9. The predicted molar refractivity (Wildman–Crippen MR) is 72.7 cm³/mol. The first-order valence-electron chi connectivity index (χ1n) is 6.33. The molecule has 1 aliphatic rings. The Morgan fingerprint density at radius 1 is 1.32 bits per heavy atom. The fourth-order valence-corrected chi connectivity index (χ4v) is 4.07. The number of hydrogen-bond donors (Lipinski definition) is 2. The van der Waals surface area contributed by atoms with E-state index >= 15 is 0 Å². The van der Waals surface area contributed by atoms with Crippen molar-refractivity contribution in [3.63, 3.8) is 0 Å². The van der Waals surface area contributed by atoms with Gasteiger partial charge in [-0.2, -0.15) is 0 Å². The monoisotopic (exact) mass is 286 g/mol. The molecule has 106 valence electrons. The molecule has 0 spiro atoms. The molecule has 0 heterocycles. The predicted octanol–water partition coefficient (Wildman–Crippen LogP) is 2.33. The van der Waals surface area contributed by atoms with Crippen molar-refractivity contribution in [2.24, 2.45) is 0 Å². The molecule has 0 aromatic heterocycles. The number of halogens is 1. The van der Waals surface area contributed by atoms with Gasteiger partial charge in [0.1, 0.15) is 10.7 Å². The highest BCUT2D eigenvalue weighted by atomic mass is 32.2. The first kappa shape index (κ1) is 14.3. The molecule has 0 saturated heterocycles. The third-order valence-corrected chi connectivity index (χ3v) is 5.35. The average Bonchev–Trinajstić information content (AvgIpc) is 2.68. The van der Waals surface area contributed by atoms with Crippen LogP contribution in [0.4, 0.5) is 10.1 Å². The van der Waals surface area contributed by atoms with E-state index in [9.17, 15) is 12.8 Å². The molecule has 0 aliphatic heterocycles. The quantitative estimate of drug-likeness (QED) is 0.838. The van der Waals surface area contributed by atoms with Gasteiger partial charge >= 0.3 is 0 Å². The Hall–Kier alpha value is -1.14. The van der Waals surface area contributed by atoms with Crippen LogP contribution in [0.5, 0.6) is 0 Å². The Balaban J connectivity index is 2.37. The van der Waals surface area contributed by atoms with E-state index in [1.54, 1.807) is 6.92 Å². The molecule has 3 N–H and O–H groups in total. The van der Waals surface area contributed by atoms with Gasteiger partial charge in [0.25, 0.3) is 0 Å². The molecule has 1 aromatic rings. The summed E-state index contributed by atoms with van der Waals surface area (Å²) in [5, 5.41) is 0. The van der Waals surface area contributed by atoms with Crippen molar-refractivity contribution < 1.29 is 12.8 Å². The Kier molecular flexibility index (Phi) is 3.57. The Bertz CT molecular complexity index is 593. The number of aryl methyl sites for hydroxylation is 1. The topological polar surface area (TPSA) is 72.2 Å². The van der Waals surface area contributed by atoms with Crippen LogP contribution in [0, 0.1) is 12.7 Å².